The van der Waals surface area contributed by atoms with Gasteiger partial charge < -0.3 is 5.73 Å². The van der Waals surface area contributed by atoms with Crippen molar-refractivity contribution < 1.29 is 9.18 Å². The smallest absolute Gasteiger partial charge is 0.141 e. The summed E-state index contributed by atoms with van der Waals surface area (Å²) in [7, 11) is 0. The summed E-state index contributed by atoms with van der Waals surface area (Å²) in [6.07, 6.45) is 4.31. The normalized spacial score (nSPS) is 23.9. The van der Waals surface area contributed by atoms with E-state index in [9.17, 15) is 9.18 Å². The van der Waals surface area contributed by atoms with Crippen LogP contribution in [0.4, 0.5) is 4.39 Å². The molecule has 2 N–H and O–H groups in total. The molecule has 0 aliphatic heterocycles. The van der Waals surface area contributed by atoms with Crippen LogP contribution in [-0.4, -0.2) is 11.8 Å². The predicted molar refractivity (Wildman–Crippen MR) is 69.8 cm³/mol. The van der Waals surface area contributed by atoms with E-state index in [4.69, 9.17) is 5.73 Å². The van der Waals surface area contributed by atoms with Crippen molar-refractivity contribution in [1.29, 1.82) is 0 Å². The van der Waals surface area contributed by atoms with Crippen molar-refractivity contribution in [3.05, 3.63) is 35.1 Å². The first-order valence-corrected chi connectivity index (χ1v) is 6.61. The maximum absolute atomic E-state index is 13.2. The molecule has 1 aliphatic rings. The summed E-state index contributed by atoms with van der Waals surface area (Å²) in [5.74, 6) is -0.159. The van der Waals surface area contributed by atoms with Gasteiger partial charge in [-0.15, -0.1) is 0 Å². The van der Waals surface area contributed by atoms with Crippen LogP contribution in [-0.2, 0) is 11.2 Å². The zero-order valence-corrected chi connectivity index (χ0v) is 10.8. The van der Waals surface area contributed by atoms with Gasteiger partial charge in [-0.25, -0.2) is 4.39 Å². The number of benzene rings is 1. The van der Waals surface area contributed by atoms with Crippen LogP contribution in [0.25, 0.3) is 0 Å². The van der Waals surface area contributed by atoms with E-state index in [1.54, 1.807) is 6.07 Å². The summed E-state index contributed by atoms with van der Waals surface area (Å²) in [6.45, 7) is 1.91. The predicted octanol–water partition coefficient (Wildman–Crippen LogP) is 2.76. The van der Waals surface area contributed by atoms with E-state index in [-0.39, 0.29) is 23.6 Å². The largest absolute Gasteiger partial charge is 0.327 e. The lowest BCUT2D eigenvalue weighted by atomic mass is 9.80. The highest BCUT2D eigenvalue weighted by Crippen LogP contribution is 2.25. The van der Waals surface area contributed by atoms with E-state index in [2.05, 4.69) is 0 Å². The molecule has 0 heterocycles. The fourth-order valence-electron chi connectivity index (χ4n) is 2.71. The molecular weight excluding hydrogens is 229 g/mol. The van der Waals surface area contributed by atoms with Gasteiger partial charge in [-0.2, -0.15) is 0 Å². The van der Waals surface area contributed by atoms with Crippen LogP contribution in [0.2, 0.25) is 0 Å². The van der Waals surface area contributed by atoms with E-state index in [0.29, 0.717) is 6.42 Å². The lowest BCUT2D eigenvalue weighted by molar-refractivity contribution is -0.123. The zero-order chi connectivity index (χ0) is 13.1. The summed E-state index contributed by atoms with van der Waals surface area (Å²) in [5.41, 5.74) is 7.76. The van der Waals surface area contributed by atoms with Gasteiger partial charge in [0.2, 0.25) is 0 Å². The van der Waals surface area contributed by atoms with Crippen LogP contribution in [0.3, 0.4) is 0 Å². The molecule has 2 rings (SSSR count). The number of hydrogen-bond donors (Lipinski definition) is 1. The van der Waals surface area contributed by atoms with Crippen LogP contribution >= 0.6 is 0 Å². The average Bonchev–Trinajstić information content (AvgIpc) is 2.34. The molecule has 1 fully saturated rings. The zero-order valence-electron chi connectivity index (χ0n) is 10.8. The molecule has 3 heteroatoms. The Morgan fingerprint density at radius 2 is 2.11 bits per heavy atom. The first-order chi connectivity index (χ1) is 8.58. The Morgan fingerprint density at radius 1 is 1.39 bits per heavy atom. The third kappa shape index (κ3) is 2.96. The maximum Gasteiger partial charge on any atom is 0.141 e. The van der Waals surface area contributed by atoms with E-state index >= 15 is 0 Å². The monoisotopic (exact) mass is 249 g/mol. The second-order valence-corrected chi connectivity index (χ2v) is 5.27. The highest BCUT2D eigenvalue weighted by molar-refractivity contribution is 5.84. The first kappa shape index (κ1) is 13.2. The Kier molecular flexibility index (Phi) is 4.12. The molecule has 18 heavy (non-hydrogen) atoms. The van der Waals surface area contributed by atoms with Crippen molar-refractivity contribution in [2.45, 2.75) is 45.1 Å². The SMILES string of the molecule is Cc1ccc(F)cc1CC(=O)C1CCCCC1N. The molecule has 1 aliphatic carbocycles. The highest BCUT2D eigenvalue weighted by Gasteiger charge is 2.28. The van der Waals surface area contributed by atoms with E-state index in [1.807, 2.05) is 6.92 Å². The fourth-order valence-corrected chi connectivity index (χ4v) is 2.71. The number of nitrogens with two attached hydrogens (primary N) is 1. The lowest BCUT2D eigenvalue weighted by Crippen LogP contribution is -2.38. The Balaban J connectivity index is 2.08. The Labute approximate surface area is 107 Å². The van der Waals surface area contributed by atoms with Gasteiger partial charge in [-0.1, -0.05) is 18.9 Å². The molecular formula is C15H20FNO. The molecule has 0 aromatic heterocycles. The number of ketones is 1. The number of carbonyl (C=O) groups excluding carboxylic acids is 1. The van der Waals surface area contributed by atoms with Crippen LogP contribution in [0, 0.1) is 18.7 Å². The minimum absolute atomic E-state index is 0.0138. The van der Waals surface area contributed by atoms with E-state index in [0.717, 1.165) is 36.8 Å². The molecule has 1 aromatic rings. The third-order valence-corrected chi connectivity index (χ3v) is 3.91. The molecule has 0 saturated heterocycles. The van der Waals surface area contributed by atoms with Crippen LogP contribution in [0.1, 0.15) is 36.8 Å². The van der Waals surface area contributed by atoms with Gasteiger partial charge in [0.15, 0.2) is 0 Å². The second-order valence-electron chi connectivity index (χ2n) is 5.27. The number of carbonyl (C=O) groups is 1. The van der Waals surface area contributed by atoms with Crippen molar-refractivity contribution in [3.63, 3.8) is 0 Å². The van der Waals surface area contributed by atoms with Crippen LogP contribution < -0.4 is 5.73 Å². The number of hydrogen-bond acceptors (Lipinski definition) is 2. The Hall–Kier alpha value is -1.22. The second kappa shape index (κ2) is 5.61. The quantitative estimate of drug-likeness (QED) is 0.895. The maximum atomic E-state index is 13.2. The first-order valence-electron chi connectivity index (χ1n) is 6.61. The van der Waals surface area contributed by atoms with Crippen molar-refractivity contribution in [2.24, 2.45) is 11.7 Å². The van der Waals surface area contributed by atoms with Crippen molar-refractivity contribution in [1.82, 2.24) is 0 Å². The van der Waals surface area contributed by atoms with Crippen molar-refractivity contribution in [3.8, 4) is 0 Å². The number of Topliss-reactive ketones (excluding diaryl/α,β-unsaturated/α-hetero) is 1. The topological polar surface area (TPSA) is 43.1 Å². The highest BCUT2D eigenvalue weighted by atomic mass is 19.1. The summed E-state index contributed by atoms with van der Waals surface area (Å²) in [4.78, 5) is 12.2. The molecule has 2 unspecified atom stereocenters. The summed E-state index contributed by atoms with van der Waals surface area (Å²) in [6, 6.07) is 4.59. The third-order valence-electron chi connectivity index (χ3n) is 3.91. The molecule has 2 nitrogen and oxygen atoms in total. The molecule has 1 saturated carbocycles. The number of aryl methyl sites for hydroxylation is 1. The van der Waals surface area contributed by atoms with Gasteiger partial charge in [0.05, 0.1) is 0 Å². The van der Waals surface area contributed by atoms with E-state index < -0.39 is 0 Å². The van der Waals surface area contributed by atoms with Gasteiger partial charge in [-0.05, 0) is 43.0 Å². The molecule has 0 spiro atoms. The minimum Gasteiger partial charge on any atom is -0.327 e. The standard InChI is InChI=1S/C15H20FNO/c1-10-6-7-12(16)8-11(10)9-15(18)13-4-2-3-5-14(13)17/h6-8,13-14H,2-5,9,17H2,1H3. The molecule has 0 radical (unpaired) electrons. The summed E-state index contributed by atoms with van der Waals surface area (Å²) < 4.78 is 13.2. The van der Waals surface area contributed by atoms with Gasteiger partial charge in [0.1, 0.15) is 11.6 Å². The Morgan fingerprint density at radius 3 is 2.83 bits per heavy atom. The van der Waals surface area contributed by atoms with Gasteiger partial charge in [-0.3, -0.25) is 4.79 Å². The summed E-state index contributed by atoms with van der Waals surface area (Å²) in [5, 5.41) is 0. The minimum atomic E-state index is -0.281. The van der Waals surface area contributed by atoms with Gasteiger partial charge in [0.25, 0.3) is 0 Å². The molecule has 0 amide bonds. The lowest BCUT2D eigenvalue weighted by Gasteiger charge is -2.27. The molecule has 2 atom stereocenters. The van der Waals surface area contributed by atoms with Gasteiger partial charge in [0, 0.05) is 18.4 Å². The molecule has 0 bridgehead atoms. The fraction of sp³-hybridized carbons (Fsp3) is 0.533. The number of halogens is 1. The Bertz CT molecular complexity index is 444. The average molecular weight is 249 g/mol. The van der Waals surface area contributed by atoms with Crippen molar-refractivity contribution >= 4 is 5.78 Å². The number of rotatable bonds is 3. The van der Waals surface area contributed by atoms with Gasteiger partial charge >= 0.3 is 0 Å². The molecule has 1 aromatic carbocycles. The molecule has 98 valence electrons. The van der Waals surface area contributed by atoms with Crippen LogP contribution in [0.5, 0.6) is 0 Å². The van der Waals surface area contributed by atoms with Crippen LogP contribution in [0.15, 0.2) is 18.2 Å². The van der Waals surface area contributed by atoms with E-state index in [1.165, 1.54) is 12.1 Å². The van der Waals surface area contributed by atoms with Crippen molar-refractivity contribution in [2.75, 3.05) is 0 Å². The summed E-state index contributed by atoms with van der Waals surface area (Å²) >= 11 is 0.